The average molecular weight is 172 g/mol. The van der Waals surface area contributed by atoms with Gasteiger partial charge in [0.15, 0.2) is 0 Å². The Morgan fingerprint density at radius 2 is 2.33 bits per heavy atom. The number of hydrogen-bond acceptors (Lipinski definition) is 2. The Bertz CT molecular complexity index is 139. The summed E-state index contributed by atoms with van der Waals surface area (Å²) in [5.74, 6) is -0.692. The zero-order valence-electron chi connectivity index (χ0n) is 7.29. The largest absolute Gasteiger partial charge is 0.481 e. The molecule has 0 bridgehead atoms. The molecule has 0 saturated carbocycles. The van der Waals surface area contributed by atoms with Crippen molar-refractivity contribution in [1.29, 1.82) is 0 Å². The van der Waals surface area contributed by atoms with Crippen molar-refractivity contribution in [2.75, 3.05) is 6.61 Å². The molecule has 1 unspecified atom stereocenters. The van der Waals surface area contributed by atoms with Gasteiger partial charge < -0.3 is 9.84 Å². The number of carboxylic acid groups (broad SMARTS) is 1. The highest BCUT2D eigenvalue weighted by Gasteiger charge is 2.14. The number of rotatable bonds is 5. The van der Waals surface area contributed by atoms with Crippen LogP contribution >= 0.6 is 0 Å². The van der Waals surface area contributed by atoms with Gasteiger partial charge in [-0.15, -0.1) is 0 Å². The summed E-state index contributed by atoms with van der Waals surface area (Å²) in [6, 6.07) is 0. The Balaban J connectivity index is 1.91. The van der Waals surface area contributed by atoms with E-state index in [1.165, 1.54) is 6.42 Å². The monoisotopic (exact) mass is 172 g/mol. The van der Waals surface area contributed by atoms with Gasteiger partial charge in [0.25, 0.3) is 0 Å². The Kier molecular flexibility index (Phi) is 4.08. The maximum Gasteiger partial charge on any atom is 0.303 e. The van der Waals surface area contributed by atoms with Crippen molar-refractivity contribution < 1.29 is 14.6 Å². The van der Waals surface area contributed by atoms with Crippen LogP contribution in [-0.4, -0.2) is 23.8 Å². The van der Waals surface area contributed by atoms with E-state index in [9.17, 15) is 4.79 Å². The van der Waals surface area contributed by atoms with Crippen molar-refractivity contribution in [2.45, 2.75) is 44.6 Å². The number of unbranched alkanes of at least 4 members (excludes halogenated alkanes) is 1. The molecule has 0 aliphatic carbocycles. The number of carboxylic acids is 1. The molecule has 1 saturated heterocycles. The van der Waals surface area contributed by atoms with E-state index < -0.39 is 5.97 Å². The lowest BCUT2D eigenvalue weighted by molar-refractivity contribution is -0.137. The third-order valence-corrected chi connectivity index (χ3v) is 2.19. The Morgan fingerprint density at radius 3 is 2.92 bits per heavy atom. The van der Waals surface area contributed by atoms with E-state index in [0.717, 1.165) is 32.3 Å². The molecule has 1 rings (SSSR count). The van der Waals surface area contributed by atoms with Gasteiger partial charge in [-0.1, -0.05) is 6.42 Å². The van der Waals surface area contributed by atoms with Crippen LogP contribution in [0.3, 0.4) is 0 Å². The molecule has 3 nitrogen and oxygen atoms in total. The summed E-state index contributed by atoms with van der Waals surface area (Å²) in [5.41, 5.74) is 0. The van der Waals surface area contributed by atoms with Crippen LogP contribution in [0.15, 0.2) is 0 Å². The van der Waals surface area contributed by atoms with Crippen LogP contribution in [0.5, 0.6) is 0 Å². The summed E-state index contributed by atoms with van der Waals surface area (Å²) < 4.78 is 5.41. The van der Waals surface area contributed by atoms with Crippen molar-refractivity contribution in [1.82, 2.24) is 0 Å². The van der Waals surface area contributed by atoms with Gasteiger partial charge in [-0.05, 0) is 25.7 Å². The molecule has 1 heterocycles. The predicted octanol–water partition coefficient (Wildman–Crippen LogP) is 1.81. The van der Waals surface area contributed by atoms with Crippen molar-refractivity contribution in [3.63, 3.8) is 0 Å². The van der Waals surface area contributed by atoms with Gasteiger partial charge in [-0.3, -0.25) is 4.79 Å². The fraction of sp³-hybridized carbons (Fsp3) is 0.889. The topological polar surface area (TPSA) is 46.5 Å². The van der Waals surface area contributed by atoms with Crippen LogP contribution in [0.1, 0.15) is 38.5 Å². The highest BCUT2D eigenvalue weighted by molar-refractivity contribution is 5.66. The molecule has 1 aliphatic rings. The average Bonchev–Trinajstić information content (AvgIpc) is 2.49. The molecule has 1 aliphatic heterocycles. The Labute approximate surface area is 72.7 Å². The first-order chi connectivity index (χ1) is 5.79. The maximum absolute atomic E-state index is 10.2. The third-order valence-electron chi connectivity index (χ3n) is 2.19. The molecule has 0 aromatic rings. The van der Waals surface area contributed by atoms with E-state index in [1.807, 2.05) is 0 Å². The molecular formula is C9H16O3. The highest BCUT2D eigenvalue weighted by Crippen LogP contribution is 2.17. The fourth-order valence-electron chi connectivity index (χ4n) is 1.52. The minimum atomic E-state index is -0.692. The SMILES string of the molecule is O=C(O)CCCCC1CCCO1. The molecule has 1 fully saturated rings. The minimum absolute atomic E-state index is 0.298. The van der Waals surface area contributed by atoms with Crippen molar-refractivity contribution >= 4 is 5.97 Å². The Hall–Kier alpha value is -0.570. The summed E-state index contributed by atoms with van der Waals surface area (Å²) in [6.07, 6.45) is 5.85. The Morgan fingerprint density at radius 1 is 1.50 bits per heavy atom. The molecule has 0 aromatic carbocycles. The minimum Gasteiger partial charge on any atom is -0.481 e. The van der Waals surface area contributed by atoms with E-state index in [0.29, 0.717) is 12.5 Å². The lowest BCUT2D eigenvalue weighted by Crippen LogP contribution is -2.04. The van der Waals surface area contributed by atoms with Gasteiger partial charge in [0.1, 0.15) is 0 Å². The fourth-order valence-corrected chi connectivity index (χ4v) is 1.52. The van der Waals surface area contributed by atoms with Crippen LogP contribution in [0.25, 0.3) is 0 Å². The van der Waals surface area contributed by atoms with Gasteiger partial charge in [0.2, 0.25) is 0 Å². The van der Waals surface area contributed by atoms with E-state index in [4.69, 9.17) is 9.84 Å². The van der Waals surface area contributed by atoms with E-state index in [2.05, 4.69) is 0 Å². The number of aliphatic carboxylic acids is 1. The standard InChI is InChI=1S/C9H16O3/c10-9(11)6-2-1-4-8-5-3-7-12-8/h8H,1-7H2,(H,10,11). The lowest BCUT2D eigenvalue weighted by Gasteiger charge is -2.07. The highest BCUT2D eigenvalue weighted by atomic mass is 16.5. The molecule has 1 N–H and O–H groups in total. The molecule has 0 amide bonds. The number of hydrogen-bond donors (Lipinski definition) is 1. The van der Waals surface area contributed by atoms with Crippen molar-refractivity contribution in [3.05, 3.63) is 0 Å². The first-order valence-corrected chi connectivity index (χ1v) is 4.62. The van der Waals surface area contributed by atoms with Crippen LogP contribution in [0, 0.1) is 0 Å². The van der Waals surface area contributed by atoms with Gasteiger partial charge >= 0.3 is 5.97 Å². The first kappa shape index (κ1) is 9.52. The second-order valence-electron chi connectivity index (χ2n) is 3.27. The number of carbonyl (C=O) groups is 1. The van der Waals surface area contributed by atoms with Gasteiger partial charge in [-0.2, -0.15) is 0 Å². The van der Waals surface area contributed by atoms with Gasteiger partial charge in [-0.25, -0.2) is 0 Å². The second-order valence-corrected chi connectivity index (χ2v) is 3.27. The first-order valence-electron chi connectivity index (χ1n) is 4.62. The molecule has 0 radical (unpaired) electrons. The summed E-state index contributed by atoms with van der Waals surface area (Å²) in [4.78, 5) is 10.2. The molecule has 12 heavy (non-hydrogen) atoms. The smallest absolute Gasteiger partial charge is 0.303 e. The quantitative estimate of drug-likeness (QED) is 0.643. The van der Waals surface area contributed by atoms with Crippen LogP contribution < -0.4 is 0 Å². The van der Waals surface area contributed by atoms with Crippen LogP contribution in [0.2, 0.25) is 0 Å². The molecule has 0 spiro atoms. The predicted molar refractivity (Wildman–Crippen MR) is 45.1 cm³/mol. The molecule has 3 heteroatoms. The number of ether oxygens (including phenoxy) is 1. The summed E-state index contributed by atoms with van der Waals surface area (Å²) in [7, 11) is 0. The maximum atomic E-state index is 10.2. The summed E-state index contributed by atoms with van der Waals surface area (Å²) in [5, 5.41) is 8.37. The van der Waals surface area contributed by atoms with E-state index >= 15 is 0 Å². The van der Waals surface area contributed by atoms with Crippen LogP contribution in [-0.2, 0) is 9.53 Å². The van der Waals surface area contributed by atoms with Gasteiger partial charge in [0, 0.05) is 13.0 Å². The molecule has 70 valence electrons. The van der Waals surface area contributed by atoms with E-state index in [-0.39, 0.29) is 0 Å². The lowest BCUT2D eigenvalue weighted by atomic mass is 10.1. The van der Waals surface area contributed by atoms with Gasteiger partial charge in [0.05, 0.1) is 6.10 Å². The van der Waals surface area contributed by atoms with Crippen LogP contribution in [0.4, 0.5) is 0 Å². The normalized spacial score (nSPS) is 22.8. The van der Waals surface area contributed by atoms with Crippen molar-refractivity contribution in [3.8, 4) is 0 Å². The second kappa shape index (κ2) is 5.14. The van der Waals surface area contributed by atoms with Crippen molar-refractivity contribution in [2.24, 2.45) is 0 Å². The summed E-state index contributed by atoms with van der Waals surface area (Å²) in [6.45, 7) is 0.892. The summed E-state index contributed by atoms with van der Waals surface area (Å²) >= 11 is 0. The third kappa shape index (κ3) is 3.72. The molecule has 1 atom stereocenters. The zero-order valence-corrected chi connectivity index (χ0v) is 7.29. The molecule has 0 aromatic heterocycles. The van der Waals surface area contributed by atoms with E-state index in [1.54, 1.807) is 0 Å². The zero-order chi connectivity index (χ0) is 8.81. The molecular weight excluding hydrogens is 156 g/mol.